The monoisotopic (exact) mass is 270 g/mol. The molecule has 1 atom stereocenters. The molecule has 0 bridgehead atoms. The first kappa shape index (κ1) is 13.6. The Morgan fingerprint density at radius 1 is 1.21 bits per heavy atom. The minimum atomic E-state index is -0.322. The number of nitrogens with one attached hydrogen (secondary N) is 1. The van der Waals surface area contributed by atoms with Gasteiger partial charge >= 0.3 is 0 Å². The summed E-state index contributed by atoms with van der Waals surface area (Å²) < 4.78 is 0. The highest BCUT2D eigenvalue weighted by Gasteiger charge is 2.12. The van der Waals surface area contributed by atoms with Gasteiger partial charge in [-0.1, -0.05) is 48.0 Å². The Balaban J connectivity index is 2.11. The van der Waals surface area contributed by atoms with Gasteiger partial charge in [-0.3, -0.25) is 5.32 Å². The van der Waals surface area contributed by atoms with Gasteiger partial charge in [-0.2, -0.15) is 5.26 Å². The second-order valence-corrected chi connectivity index (χ2v) is 4.87. The lowest BCUT2D eigenvalue weighted by Gasteiger charge is -2.14. The molecular weight excluding hydrogens is 256 g/mol. The molecule has 2 aromatic rings. The molecule has 0 amide bonds. The van der Waals surface area contributed by atoms with Crippen LogP contribution in [0.1, 0.15) is 22.7 Å². The standard InChI is InChI=1S/C16H15ClN2/c1-12-9-14(17)7-8-15(12)16(10-18)19-11-13-5-3-2-4-6-13/h2-9,16,19H,11H2,1H3. The van der Waals surface area contributed by atoms with E-state index in [1.807, 2.05) is 55.5 Å². The van der Waals surface area contributed by atoms with Crippen molar-refractivity contribution in [2.45, 2.75) is 19.5 Å². The molecule has 96 valence electrons. The number of hydrogen-bond donors (Lipinski definition) is 1. The summed E-state index contributed by atoms with van der Waals surface area (Å²) in [5.41, 5.74) is 3.16. The molecule has 2 rings (SSSR count). The third-order valence-corrected chi connectivity index (χ3v) is 3.26. The van der Waals surface area contributed by atoms with E-state index >= 15 is 0 Å². The predicted octanol–water partition coefficient (Wildman–Crippen LogP) is 4.00. The van der Waals surface area contributed by atoms with Crippen LogP contribution in [-0.2, 0) is 6.54 Å². The smallest absolute Gasteiger partial charge is 0.121 e. The Morgan fingerprint density at radius 3 is 2.58 bits per heavy atom. The predicted molar refractivity (Wildman–Crippen MR) is 77.8 cm³/mol. The molecule has 0 aliphatic carbocycles. The maximum Gasteiger partial charge on any atom is 0.121 e. The molecule has 3 heteroatoms. The SMILES string of the molecule is Cc1cc(Cl)ccc1C(C#N)NCc1ccccc1. The molecule has 0 aliphatic rings. The summed E-state index contributed by atoms with van der Waals surface area (Å²) >= 11 is 5.93. The Kier molecular flexibility index (Phi) is 4.57. The largest absolute Gasteiger partial charge is 0.294 e. The van der Waals surface area contributed by atoms with Crippen molar-refractivity contribution in [3.05, 3.63) is 70.2 Å². The molecule has 0 aromatic heterocycles. The lowest BCUT2D eigenvalue weighted by Crippen LogP contribution is -2.20. The van der Waals surface area contributed by atoms with Gasteiger partial charge in [-0.15, -0.1) is 0 Å². The van der Waals surface area contributed by atoms with Crippen molar-refractivity contribution in [3.8, 4) is 6.07 Å². The third-order valence-electron chi connectivity index (χ3n) is 3.03. The highest BCUT2D eigenvalue weighted by atomic mass is 35.5. The lowest BCUT2D eigenvalue weighted by molar-refractivity contribution is 0.628. The van der Waals surface area contributed by atoms with Crippen molar-refractivity contribution in [1.29, 1.82) is 5.26 Å². The molecule has 19 heavy (non-hydrogen) atoms. The Morgan fingerprint density at radius 2 is 1.95 bits per heavy atom. The molecular formula is C16H15ClN2. The zero-order chi connectivity index (χ0) is 13.7. The molecule has 0 radical (unpaired) electrons. The van der Waals surface area contributed by atoms with Gasteiger partial charge in [0.1, 0.15) is 6.04 Å². The van der Waals surface area contributed by atoms with E-state index in [0.29, 0.717) is 11.6 Å². The van der Waals surface area contributed by atoms with E-state index in [4.69, 9.17) is 11.6 Å². The minimum Gasteiger partial charge on any atom is -0.294 e. The van der Waals surface area contributed by atoms with E-state index < -0.39 is 0 Å². The Hall–Kier alpha value is -1.82. The number of rotatable bonds is 4. The number of nitriles is 1. The first-order valence-corrected chi connectivity index (χ1v) is 6.51. The fourth-order valence-corrected chi connectivity index (χ4v) is 2.23. The molecule has 2 aromatic carbocycles. The quantitative estimate of drug-likeness (QED) is 0.911. The van der Waals surface area contributed by atoms with E-state index in [1.165, 1.54) is 0 Å². The molecule has 2 nitrogen and oxygen atoms in total. The topological polar surface area (TPSA) is 35.8 Å². The fourth-order valence-electron chi connectivity index (χ4n) is 2.00. The zero-order valence-electron chi connectivity index (χ0n) is 10.7. The van der Waals surface area contributed by atoms with Crippen molar-refractivity contribution in [2.75, 3.05) is 0 Å². The third kappa shape index (κ3) is 3.57. The second kappa shape index (κ2) is 6.38. The Bertz CT molecular complexity index is 587. The summed E-state index contributed by atoms with van der Waals surface area (Å²) in [5, 5.41) is 13.3. The maximum atomic E-state index is 9.31. The summed E-state index contributed by atoms with van der Waals surface area (Å²) in [6.07, 6.45) is 0. The Labute approximate surface area is 118 Å². The van der Waals surface area contributed by atoms with Crippen LogP contribution in [0.3, 0.4) is 0 Å². The van der Waals surface area contributed by atoms with Crippen LogP contribution >= 0.6 is 11.6 Å². The summed E-state index contributed by atoms with van der Waals surface area (Å²) in [4.78, 5) is 0. The first-order valence-electron chi connectivity index (χ1n) is 6.13. The van der Waals surface area contributed by atoms with Crippen molar-refractivity contribution < 1.29 is 0 Å². The molecule has 1 N–H and O–H groups in total. The zero-order valence-corrected chi connectivity index (χ0v) is 11.5. The van der Waals surface area contributed by atoms with Gasteiger partial charge in [-0.05, 0) is 35.7 Å². The van der Waals surface area contributed by atoms with Crippen LogP contribution in [0.2, 0.25) is 5.02 Å². The van der Waals surface area contributed by atoms with Crippen LogP contribution < -0.4 is 5.32 Å². The van der Waals surface area contributed by atoms with Crippen LogP contribution in [-0.4, -0.2) is 0 Å². The minimum absolute atomic E-state index is 0.322. The summed E-state index contributed by atoms with van der Waals surface area (Å²) in [6.45, 7) is 2.64. The van der Waals surface area contributed by atoms with Crippen LogP contribution in [0.5, 0.6) is 0 Å². The molecule has 0 saturated carbocycles. The van der Waals surface area contributed by atoms with E-state index in [2.05, 4.69) is 11.4 Å². The molecule has 0 aliphatic heterocycles. The lowest BCUT2D eigenvalue weighted by atomic mass is 10.0. The molecule has 0 spiro atoms. The fraction of sp³-hybridized carbons (Fsp3) is 0.188. The number of hydrogen-bond acceptors (Lipinski definition) is 2. The van der Waals surface area contributed by atoms with E-state index in [9.17, 15) is 5.26 Å². The first-order chi connectivity index (χ1) is 9.20. The number of aryl methyl sites for hydroxylation is 1. The highest BCUT2D eigenvalue weighted by Crippen LogP contribution is 2.21. The van der Waals surface area contributed by atoms with E-state index in [1.54, 1.807) is 0 Å². The van der Waals surface area contributed by atoms with Crippen LogP contribution in [0.25, 0.3) is 0 Å². The summed E-state index contributed by atoms with van der Waals surface area (Å²) in [7, 11) is 0. The van der Waals surface area contributed by atoms with Crippen LogP contribution in [0, 0.1) is 18.3 Å². The van der Waals surface area contributed by atoms with E-state index in [-0.39, 0.29) is 6.04 Å². The molecule has 0 fully saturated rings. The van der Waals surface area contributed by atoms with Gasteiger partial charge in [0.25, 0.3) is 0 Å². The van der Waals surface area contributed by atoms with Gasteiger partial charge < -0.3 is 0 Å². The maximum absolute atomic E-state index is 9.31. The molecule has 0 heterocycles. The second-order valence-electron chi connectivity index (χ2n) is 4.43. The van der Waals surface area contributed by atoms with E-state index in [0.717, 1.165) is 16.7 Å². The van der Waals surface area contributed by atoms with Crippen molar-refractivity contribution in [2.24, 2.45) is 0 Å². The molecule has 1 unspecified atom stereocenters. The summed E-state index contributed by atoms with van der Waals surface area (Å²) in [6, 6.07) is 17.6. The molecule has 0 saturated heterocycles. The van der Waals surface area contributed by atoms with Gasteiger partial charge in [0.05, 0.1) is 6.07 Å². The van der Waals surface area contributed by atoms with Gasteiger partial charge in [0.2, 0.25) is 0 Å². The van der Waals surface area contributed by atoms with Gasteiger partial charge in [0.15, 0.2) is 0 Å². The highest BCUT2D eigenvalue weighted by molar-refractivity contribution is 6.30. The number of halogens is 1. The average Bonchev–Trinajstić information content (AvgIpc) is 2.42. The number of benzene rings is 2. The van der Waals surface area contributed by atoms with Crippen molar-refractivity contribution >= 4 is 11.6 Å². The van der Waals surface area contributed by atoms with Crippen molar-refractivity contribution in [1.82, 2.24) is 5.32 Å². The van der Waals surface area contributed by atoms with Crippen molar-refractivity contribution in [3.63, 3.8) is 0 Å². The van der Waals surface area contributed by atoms with Gasteiger partial charge in [-0.25, -0.2) is 0 Å². The normalized spacial score (nSPS) is 11.8. The average molecular weight is 271 g/mol. The van der Waals surface area contributed by atoms with Gasteiger partial charge in [0, 0.05) is 11.6 Å². The number of nitrogens with zero attached hydrogens (tertiary/aromatic N) is 1. The van der Waals surface area contributed by atoms with Crippen LogP contribution in [0.4, 0.5) is 0 Å². The summed E-state index contributed by atoms with van der Waals surface area (Å²) in [5.74, 6) is 0. The van der Waals surface area contributed by atoms with Crippen LogP contribution in [0.15, 0.2) is 48.5 Å².